The molecule has 0 aromatic carbocycles. The van der Waals surface area contributed by atoms with E-state index in [1.807, 2.05) is 0 Å². The number of rotatable bonds is 3. The number of aliphatic hydroxyl groups is 1. The van der Waals surface area contributed by atoms with Gasteiger partial charge in [-0.15, -0.1) is 0 Å². The number of hydrogen-bond donors (Lipinski definition) is 1. The first kappa shape index (κ1) is 6.52. The van der Waals surface area contributed by atoms with Crippen molar-refractivity contribution in [3.05, 3.63) is 0 Å². The predicted octanol–water partition coefficient (Wildman–Crippen LogP) is 0.272. The summed E-state index contributed by atoms with van der Waals surface area (Å²) in [5.74, 6) is 0. The normalized spacial score (nSPS) is 11.0. The van der Waals surface area contributed by atoms with Crippen LogP contribution in [-0.2, 0) is 0 Å². The van der Waals surface area contributed by atoms with E-state index in [1.165, 1.54) is 5.21 Å². The molecule has 2 heteroatoms. The summed E-state index contributed by atoms with van der Waals surface area (Å²) in [6.45, 7) is 0.386. The van der Waals surface area contributed by atoms with E-state index in [0.29, 0.717) is 22.4 Å². The minimum atomic E-state index is 0.338. The topological polar surface area (TPSA) is 20.2 Å². The van der Waals surface area contributed by atoms with Crippen LogP contribution in [0.15, 0.2) is 0 Å². The van der Waals surface area contributed by atoms with Crippen molar-refractivity contribution in [1.82, 2.24) is 0 Å². The van der Waals surface area contributed by atoms with Gasteiger partial charge in [-0.3, -0.25) is 0 Å². The van der Waals surface area contributed by atoms with Crippen molar-refractivity contribution in [1.29, 1.82) is 0 Å². The van der Waals surface area contributed by atoms with Crippen LogP contribution in [0.3, 0.4) is 0 Å². The van der Waals surface area contributed by atoms with Gasteiger partial charge >= 0.3 is 44.8 Å². The van der Waals surface area contributed by atoms with E-state index in [-0.39, 0.29) is 0 Å². The molecule has 6 heavy (non-hydrogen) atoms. The van der Waals surface area contributed by atoms with E-state index < -0.39 is 0 Å². The van der Waals surface area contributed by atoms with Gasteiger partial charge in [-0.25, -0.2) is 0 Å². The molecule has 1 atom stereocenters. The average Bonchev–Trinajstić information content (AvgIpc) is 1.61. The van der Waals surface area contributed by atoms with Gasteiger partial charge in [0.2, 0.25) is 0 Å². The Morgan fingerprint density at radius 2 is 2.33 bits per heavy atom. The molecule has 0 rings (SSSR count). The summed E-state index contributed by atoms with van der Waals surface area (Å²) in [7, 11) is 0. The first-order valence-electron chi connectivity index (χ1n) is 2.17. The molecule has 0 fully saturated rings. The molecule has 0 heterocycles. The van der Waals surface area contributed by atoms with Crippen LogP contribution in [0.1, 0.15) is 6.42 Å². The third-order valence-electron chi connectivity index (χ3n) is 0.585. The monoisotopic (exact) mass is 150 g/mol. The molecule has 0 aromatic heterocycles. The summed E-state index contributed by atoms with van der Waals surface area (Å²) in [6, 6.07) is 0. The van der Waals surface area contributed by atoms with E-state index in [2.05, 4.69) is 5.71 Å². The number of hydrogen-bond acceptors (Lipinski definition) is 1. The second kappa shape index (κ2) is 5.52. The van der Waals surface area contributed by atoms with Gasteiger partial charge in [0.15, 0.2) is 0 Å². The molecule has 0 radical (unpaired) electrons. The minimum absolute atomic E-state index is 0.338. The fourth-order valence-corrected chi connectivity index (χ4v) is 1.33. The fourth-order valence-electron chi connectivity index (χ4n) is 0.256. The summed E-state index contributed by atoms with van der Waals surface area (Å²) in [5.41, 5.74) is 2.25. The summed E-state index contributed by atoms with van der Waals surface area (Å²) in [4.78, 5) is 0. The van der Waals surface area contributed by atoms with E-state index in [4.69, 9.17) is 5.11 Å². The van der Waals surface area contributed by atoms with Crippen molar-refractivity contribution in [2.75, 3.05) is 6.61 Å². The molecule has 1 unspecified atom stereocenters. The van der Waals surface area contributed by atoms with E-state index >= 15 is 0 Å². The van der Waals surface area contributed by atoms with Crippen molar-refractivity contribution >= 4 is 15.8 Å². The molecule has 38 valence electrons. The van der Waals surface area contributed by atoms with E-state index in [0.717, 1.165) is 6.42 Å². The van der Waals surface area contributed by atoms with Crippen LogP contribution >= 0.6 is 0 Å². The van der Waals surface area contributed by atoms with Crippen LogP contribution in [0.4, 0.5) is 0 Å². The zero-order valence-electron chi connectivity index (χ0n) is 4.07. The molecule has 0 spiro atoms. The Bertz CT molecular complexity index is 19.5. The summed E-state index contributed by atoms with van der Waals surface area (Å²) in [5, 5.41) is 9.51. The second-order valence-electron chi connectivity index (χ2n) is 1.18. The van der Waals surface area contributed by atoms with Gasteiger partial charge in [0.1, 0.15) is 0 Å². The van der Waals surface area contributed by atoms with Crippen molar-refractivity contribution in [3.8, 4) is 0 Å². The quantitative estimate of drug-likeness (QED) is 0.452. The molecule has 0 amide bonds. The van der Waals surface area contributed by atoms with Gasteiger partial charge in [0.25, 0.3) is 0 Å². The third kappa shape index (κ3) is 4.52. The van der Waals surface area contributed by atoms with Crippen LogP contribution in [0.5, 0.6) is 0 Å². The van der Waals surface area contributed by atoms with Crippen LogP contribution in [0.25, 0.3) is 0 Å². The Balaban J connectivity index is 2.34. The van der Waals surface area contributed by atoms with E-state index in [9.17, 15) is 0 Å². The van der Waals surface area contributed by atoms with Crippen LogP contribution in [0.2, 0.25) is 10.9 Å². The van der Waals surface area contributed by atoms with Crippen LogP contribution in [-0.4, -0.2) is 27.5 Å². The number of aliphatic hydroxyl groups excluding tert-OH is 1. The molecular formula is C4H11AsO. The Morgan fingerprint density at radius 1 is 1.67 bits per heavy atom. The molecular weight excluding hydrogens is 139 g/mol. The van der Waals surface area contributed by atoms with Crippen molar-refractivity contribution in [2.24, 2.45) is 0 Å². The third-order valence-corrected chi connectivity index (χ3v) is 2.38. The molecule has 0 aromatic rings. The van der Waals surface area contributed by atoms with Gasteiger partial charge in [-0.05, 0) is 0 Å². The molecule has 0 saturated heterocycles. The van der Waals surface area contributed by atoms with Crippen LogP contribution in [0, 0.1) is 0 Å². The van der Waals surface area contributed by atoms with Gasteiger partial charge < -0.3 is 0 Å². The zero-order valence-corrected chi connectivity index (χ0v) is 6.17. The Morgan fingerprint density at radius 3 is 2.50 bits per heavy atom. The van der Waals surface area contributed by atoms with Gasteiger partial charge in [0.05, 0.1) is 0 Å². The summed E-state index contributed by atoms with van der Waals surface area (Å²) in [6.07, 6.45) is 1.02. The Hall–Kier alpha value is 0.518. The first-order chi connectivity index (χ1) is 2.91. The van der Waals surface area contributed by atoms with Gasteiger partial charge in [-0.1, -0.05) is 0 Å². The molecule has 0 bridgehead atoms. The molecule has 0 aliphatic carbocycles. The fraction of sp³-hybridized carbons (Fsp3) is 1.00. The second-order valence-corrected chi connectivity index (χ2v) is 3.71. The zero-order chi connectivity index (χ0) is 4.83. The first-order valence-corrected chi connectivity index (χ1v) is 5.75. The van der Waals surface area contributed by atoms with E-state index in [1.54, 1.807) is 0 Å². The Kier molecular flexibility index (Phi) is 6.00. The molecule has 0 aliphatic rings. The van der Waals surface area contributed by atoms with Crippen molar-refractivity contribution < 1.29 is 5.11 Å². The van der Waals surface area contributed by atoms with Crippen LogP contribution < -0.4 is 0 Å². The summed E-state index contributed by atoms with van der Waals surface area (Å²) < 4.78 is 0. The maximum absolute atomic E-state index is 8.22. The van der Waals surface area contributed by atoms with Gasteiger partial charge in [-0.2, -0.15) is 0 Å². The predicted molar refractivity (Wildman–Crippen MR) is 29.5 cm³/mol. The maximum atomic E-state index is 8.22. The van der Waals surface area contributed by atoms with Gasteiger partial charge in [0, 0.05) is 0 Å². The SMILES string of the molecule is C[AsH]CCCO. The summed E-state index contributed by atoms with van der Waals surface area (Å²) >= 11 is 0.338. The Labute approximate surface area is 45.4 Å². The standard InChI is InChI=1S/C4H11AsO/c1-5-3-2-4-6/h5-6H,2-4H2,1H3. The molecule has 1 nitrogen and oxygen atoms in total. The molecule has 0 saturated carbocycles. The van der Waals surface area contributed by atoms with Crippen molar-refractivity contribution in [3.63, 3.8) is 0 Å². The molecule has 1 N–H and O–H groups in total. The molecule has 0 aliphatic heterocycles. The van der Waals surface area contributed by atoms with Crippen molar-refractivity contribution in [2.45, 2.75) is 17.3 Å². The average molecular weight is 150 g/mol.